The normalized spacial score (nSPS) is 14.2. The van der Waals surface area contributed by atoms with E-state index in [9.17, 15) is 9.59 Å². The van der Waals surface area contributed by atoms with Crippen molar-refractivity contribution in [2.75, 3.05) is 20.3 Å². The maximum Gasteiger partial charge on any atom is 0.338 e. The van der Waals surface area contributed by atoms with Crippen LogP contribution in [0.3, 0.4) is 0 Å². The lowest BCUT2D eigenvalue weighted by molar-refractivity contribution is -0.139. The molecular weight excluding hydrogens is 720 g/mol. The largest absolute Gasteiger partial charge is 0.493 e. The Labute approximate surface area is 304 Å². The van der Waals surface area contributed by atoms with E-state index in [0.717, 1.165) is 21.2 Å². The molecular formula is C39H41BrN2O7S. The van der Waals surface area contributed by atoms with Gasteiger partial charge in [0.1, 0.15) is 6.61 Å². The Balaban J connectivity index is 1.64. The molecule has 11 heteroatoms. The number of ether oxygens (including phenoxy) is 5. The molecule has 1 aliphatic rings. The molecule has 0 aliphatic carbocycles. The first-order chi connectivity index (χ1) is 24.1. The van der Waals surface area contributed by atoms with E-state index in [0.29, 0.717) is 63.2 Å². The third-order valence-corrected chi connectivity index (χ3v) is 9.31. The zero-order chi connectivity index (χ0) is 35.9. The van der Waals surface area contributed by atoms with Crippen LogP contribution in [0.4, 0.5) is 0 Å². The van der Waals surface area contributed by atoms with Crippen molar-refractivity contribution in [3.8, 4) is 23.0 Å². The molecule has 5 rings (SSSR count). The van der Waals surface area contributed by atoms with E-state index in [-0.39, 0.29) is 23.8 Å². The first kappa shape index (κ1) is 36.7. The topological polar surface area (TPSA) is 97.6 Å². The summed E-state index contributed by atoms with van der Waals surface area (Å²) < 4.78 is 32.4. The van der Waals surface area contributed by atoms with Gasteiger partial charge in [-0.05, 0) is 100 Å². The number of allylic oxidation sites excluding steroid dienone is 2. The molecule has 0 N–H and O–H groups in total. The van der Waals surface area contributed by atoms with Crippen molar-refractivity contribution in [2.24, 2.45) is 4.99 Å². The van der Waals surface area contributed by atoms with Crippen LogP contribution in [0.1, 0.15) is 62.9 Å². The molecule has 0 spiro atoms. The van der Waals surface area contributed by atoms with Gasteiger partial charge in [-0.1, -0.05) is 51.5 Å². The Morgan fingerprint density at radius 1 is 1.04 bits per heavy atom. The summed E-state index contributed by atoms with van der Waals surface area (Å²) in [6.45, 7) is 14.2. The van der Waals surface area contributed by atoms with Gasteiger partial charge in [0.15, 0.2) is 27.8 Å². The molecule has 0 saturated carbocycles. The van der Waals surface area contributed by atoms with Crippen LogP contribution in [0, 0.1) is 0 Å². The minimum absolute atomic E-state index is 0.0768. The van der Waals surface area contributed by atoms with Gasteiger partial charge in [-0.15, -0.1) is 6.58 Å². The summed E-state index contributed by atoms with van der Waals surface area (Å²) in [5.41, 5.74) is 3.75. The molecule has 262 valence electrons. The molecule has 0 bridgehead atoms. The van der Waals surface area contributed by atoms with Gasteiger partial charge in [0.05, 0.1) is 48.3 Å². The van der Waals surface area contributed by atoms with Gasteiger partial charge in [-0.2, -0.15) is 0 Å². The monoisotopic (exact) mass is 760 g/mol. The number of nitrogens with zero attached hydrogens (tertiary/aromatic N) is 2. The molecule has 2 heterocycles. The first-order valence-corrected chi connectivity index (χ1v) is 18.0. The molecule has 1 aliphatic heterocycles. The zero-order valence-corrected chi connectivity index (χ0v) is 31.5. The van der Waals surface area contributed by atoms with Gasteiger partial charge >= 0.3 is 5.97 Å². The Bertz CT molecular complexity index is 2100. The maximum absolute atomic E-state index is 14.3. The highest BCUT2D eigenvalue weighted by atomic mass is 79.9. The Hall–Kier alpha value is -4.61. The maximum atomic E-state index is 14.3. The number of carbonyl (C=O) groups excluding carboxylic acids is 1. The predicted molar refractivity (Wildman–Crippen MR) is 199 cm³/mol. The number of thiazole rings is 1. The number of methoxy groups -OCH3 is 1. The molecule has 1 aromatic heterocycles. The highest BCUT2D eigenvalue weighted by Gasteiger charge is 2.34. The summed E-state index contributed by atoms with van der Waals surface area (Å²) in [5.74, 6) is 1.70. The van der Waals surface area contributed by atoms with Gasteiger partial charge < -0.3 is 23.7 Å². The summed E-state index contributed by atoms with van der Waals surface area (Å²) in [4.78, 5) is 32.9. The van der Waals surface area contributed by atoms with Crippen molar-refractivity contribution in [1.29, 1.82) is 0 Å². The SMILES string of the molecule is C=CCc1cc(/C=c2\sc3n(c2=O)[C@H](c2ccc(OC(C)C)c(OC)c2)C(C(=O)OCC)=C(C)N=3)cc(OCC)c1OCc1ccc(Br)cc1. The van der Waals surface area contributed by atoms with Crippen LogP contribution < -0.4 is 33.8 Å². The van der Waals surface area contributed by atoms with E-state index in [1.165, 1.54) is 11.3 Å². The van der Waals surface area contributed by atoms with Crippen LogP contribution >= 0.6 is 27.3 Å². The number of esters is 1. The number of halogens is 1. The number of aromatic nitrogens is 1. The molecule has 0 saturated heterocycles. The number of fused-ring (bicyclic) bond motifs is 1. The minimum atomic E-state index is -0.806. The lowest BCUT2D eigenvalue weighted by atomic mass is 9.95. The second-order valence-corrected chi connectivity index (χ2v) is 13.7. The van der Waals surface area contributed by atoms with E-state index in [4.69, 9.17) is 28.7 Å². The molecule has 0 amide bonds. The van der Waals surface area contributed by atoms with Crippen molar-refractivity contribution >= 4 is 39.3 Å². The van der Waals surface area contributed by atoms with Crippen LogP contribution in [0.15, 0.2) is 92.8 Å². The highest BCUT2D eigenvalue weighted by molar-refractivity contribution is 9.10. The fraction of sp³-hybridized carbons (Fsp3) is 0.308. The molecule has 3 aromatic carbocycles. The van der Waals surface area contributed by atoms with Crippen LogP contribution in [0.2, 0.25) is 0 Å². The lowest BCUT2D eigenvalue weighted by Gasteiger charge is -2.25. The molecule has 1 atom stereocenters. The van der Waals surface area contributed by atoms with E-state index in [1.807, 2.05) is 69.3 Å². The molecule has 4 aromatic rings. The number of hydrogen-bond donors (Lipinski definition) is 0. The fourth-order valence-corrected chi connectivity index (χ4v) is 7.01. The molecule has 0 fully saturated rings. The molecule has 50 heavy (non-hydrogen) atoms. The van der Waals surface area contributed by atoms with E-state index in [1.54, 1.807) is 43.7 Å². The van der Waals surface area contributed by atoms with Crippen molar-refractivity contribution < 1.29 is 28.5 Å². The summed E-state index contributed by atoms with van der Waals surface area (Å²) in [6.07, 6.45) is 4.07. The summed E-state index contributed by atoms with van der Waals surface area (Å²) >= 11 is 4.73. The summed E-state index contributed by atoms with van der Waals surface area (Å²) in [6, 6.07) is 16.4. The van der Waals surface area contributed by atoms with Crippen LogP contribution in [0.5, 0.6) is 23.0 Å². The molecule has 0 unspecified atom stereocenters. The first-order valence-electron chi connectivity index (χ1n) is 16.4. The van der Waals surface area contributed by atoms with Crippen molar-refractivity contribution in [3.63, 3.8) is 0 Å². The second-order valence-electron chi connectivity index (χ2n) is 11.7. The van der Waals surface area contributed by atoms with Gasteiger partial charge in [0.25, 0.3) is 5.56 Å². The Morgan fingerprint density at radius 2 is 1.80 bits per heavy atom. The van der Waals surface area contributed by atoms with Crippen molar-refractivity contribution in [2.45, 2.75) is 59.8 Å². The fourth-order valence-electron chi connectivity index (χ4n) is 5.70. The number of benzene rings is 3. The quantitative estimate of drug-likeness (QED) is 0.100. The van der Waals surface area contributed by atoms with Crippen molar-refractivity contribution in [3.05, 3.63) is 125 Å². The van der Waals surface area contributed by atoms with Gasteiger partial charge in [0, 0.05) is 10.0 Å². The number of carbonyl (C=O) groups is 1. The second kappa shape index (κ2) is 16.4. The lowest BCUT2D eigenvalue weighted by Crippen LogP contribution is -2.40. The average molecular weight is 762 g/mol. The molecule has 9 nitrogen and oxygen atoms in total. The van der Waals surface area contributed by atoms with Gasteiger partial charge in [-0.3, -0.25) is 9.36 Å². The number of rotatable bonds is 14. The van der Waals surface area contributed by atoms with E-state index in [2.05, 4.69) is 22.5 Å². The van der Waals surface area contributed by atoms with Crippen LogP contribution in [-0.4, -0.2) is 37.0 Å². The average Bonchev–Trinajstić information content (AvgIpc) is 3.38. The van der Waals surface area contributed by atoms with E-state index >= 15 is 0 Å². The number of hydrogen-bond acceptors (Lipinski definition) is 9. The summed E-state index contributed by atoms with van der Waals surface area (Å²) in [5, 5.41) is 0. The zero-order valence-electron chi connectivity index (χ0n) is 29.1. The predicted octanol–water partition coefficient (Wildman–Crippen LogP) is 7.06. The standard InChI is InChI=1S/C39H41BrN2O7S/c1-8-11-28-18-26(19-32(46-9-2)36(28)48-22-25-12-15-29(40)16-13-25)20-33-37(43)42-35(27-14-17-30(49-23(4)5)31(21-27)45-7)34(38(44)47-10-3)24(6)41-39(42)50-33/h8,12-21,23,35H,1,9-11,22H2,2-7H3/b33-20-/t35-/m1/s1. The third-order valence-electron chi connectivity index (χ3n) is 7.80. The smallest absolute Gasteiger partial charge is 0.338 e. The van der Waals surface area contributed by atoms with Crippen LogP contribution in [0.25, 0.3) is 6.08 Å². The van der Waals surface area contributed by atoms with Crippen LogP contribution in [-0.2, 0) is 22.6 Å². The Kier molecular flexibility index (Phi) is 12.0. The highest BCUT2D eigenvalue weighted by Crippen LogP contribution is 2.37. The van der Waals surface area contributed by atoms with Crippen molar-refractivity contribution in [1.82, 2.24) is 4.57 Å². The van der Waals surface area contributed by atoms with Gasteiger partial charge in [0.2, 0.25) is 0 Å². The van der Waals surface area contributed by atoms with Gasteiger partial charge in [-0.25, -0.2) is 9.79 Å². The summed E-state index contributed by atoms with van der Waals surface area (Å²) in [7, 11) is 1.55. The van der Waals surface area contributed by atoms with E-state index < -0.39 is 12.0 Å². The molecule has 0 radical (unpaired) electrons. The Morgan fingerprint density at radius 3 is 2.46 bits per heavy atom. The third kappa shape index (κ3) is 8.05. The minimum Gasteiger partial charge on any atom is -0.493 e.